The second-order valence-corrected chi connectivity index (χ2v) is 5.23. The number of hydrogen-bond acceptors (Lipinski definition) is 5. The third-order valence-corrected chi connectivity index (χ3v) is 3.47. The topological polar surface area (TPSA) is 63.4 Å². The Bertz CT molecular complexity index is 454. The van der Waals surface area contributed by atoms with E-state index in [0.29, 0.717) is 18.3 Å². The summed E-state index contributed by atoms with van der Waals surface area (Å²) in [5.41, 5.74) is 3.20. The summed E-state index contributed by atoms with van der Waals surface area (Å²) < 4.78 is 15.8. The van der Waals surface area contributed by atoms with Gasteiger partial charge in [-0.3, -0.25) is 9.97 Å². The summed E-state index contributed by atoms with van der Waals surface area (Å²) in [5, 5.41) is 0. The van der Waals surface area contributed by atoms with Crippen LogP contribution < -0.4 is 0 Å². The first kappa shape index (κ1) is 10.8. The van der Waals surface area contributed by atoms with E-state index < -0.39 is 0 Å². The fraction of sp³-hybridized carbons (Fsp3) is 0.692. The lowest BCUT2D eigenvalue weighted by Gasteiger charge is -2.07. The van der Waals surface area contributed by atoms with Crippen molar-refractivity contribution in [3.63, 3.8) is 0 Å². The highest BCUT2D eigenvalue weighted by Crippen LogP contribution is 2.22. The number of epoxide rings is 3. The third-order valence-electron chi connectivity index (χ3n) is 3.47. The summed E-state index contributed by atoms with van der Waals surface area (Å²) in [4.78, 5) is 9.30. The Morgan fingerprint density at radius 1 is 0.889 bits per heavy atom. The van der Waals surface area contributed by atoms with E-state index in [9.17, 15) is 0 Å². The van der Waals surface area contributed by atoms with Crippen LogP contribution in [0, 0.1) is 0 Å². The second-order valence-electron chi connectivity index (χ2n) is 5.23. The van der Waals surface area contributed by atoms with Crippen molar-refractivity contribution < 1.29 is 14.2 Å². The van der Waals surface area contributed by atoms with Gasteiger partial charge in [0, 0.05) is 25.5 Å². The number of nitrogens with zero attached hydrogens (tertiary/aromatic N) is 2. The Morgan fingerprint density at radius 3 is 2.06 bits per heavy atom. The van der Waals surface area contributed by atoms with Gasteiger partial charge in [0.1, 0.15) is 0 Å². The van der Waals surface area contributed by atoms with Crippen LogP contribution in [-0.2, 0) is 33.5 Å². The molecule has 96 valence electrons. The van der Waals surface area contributed by atoms with Gasteiger partial charge in [-0.1, -0.05) is 0 Å². The Hall–Kier alpha value is -1.04. The molecule has 3 aliphatic heterocycles. The molecule has 0 bridgehead atoms. The molecule has 3 aliphatic rings. The number of aromatic nitrogens is 2. The maximum atomic E-state index is 5.30. The van der Waals surface area contributed by atoms with E-state index >= 15 is 0 Å². The van der Waals surface area contributed by atoms with E-state index in [1.807, 2.05) is 6.20 Å². The number of rotatable bonds is 6. The minimum Gasteiger partial charge on any atom is -0.373 e. The predicted molar refractivity (Wildman–Crippen MR) is 62.4 cm³/mol. The first-order chi connectivity index (χ1) is 8.87. The van der Waals surface area contributed by atoms with Crippen LogP contribution in [0.15, 0.2) is 6.20 Å². The van der Waals surface area contributed by atoms with Crippen molar-refractivity contribution in [3.8, 4) is 0 Å². The van der Waals surface area contributed by atoms with E-state index in [1.165, 1.54) is 0 Å². The number of hydrogen-bond donors (Lipinski definition) is 0. The minimum atomic E-state index is 0.352. The molecule has 3 fully saturated rings. The normalized spacial score (nSPS) is 32.3. The van der Waals surface area contributed by atoms with Crippen LogP contribution in [0.4, 0.5) is 0 Å². The summed E-state index contributed by atoms with van der Waals surface area (Å²) in [7, 11) is 0. The summed E-state index contributed by atoms with van der Waals surface area (Å²) in [6, 6.07) is 0. The van der Waals surface area contributed by atoms with Crippen LogP contribution in [0.5, 0.6) is 0 Å². The van der Waals surface area contributed by atoms with Gasteiger partial charge >= 0.3 is 0 Å². The van der Waals surface area contributed by atoms with Crippen molar-refractivity contribution in [1.29, 1.82) is 0 Å². The second kappa shape index (κ2) is 4.26. The van der Waals surface area contributed by atoms with Gasteiger partial charge in [-0.25, -0.2) is 0 Å². The largest absolute Gasteiger partial charge is 0.373 e. The maximum absolute atomic E-state index is 5.30. The minimum absolute atomic E-state index is 0.352. The van der Waals surface area contributed by atoms with E-state index in [1.54, 1.807) is 0 Å². The Balaban J connectivity index is 1.54. The molecule has 0 amide bonds. The monoisotopic (exact) mass is 248 g/mol. The molecule has 3 saturated heterocycles. The molecule has 1 aromatic rings. The van der Waals surface area contributed by atoms with Crippen molar-refractivity contribution in [1.82, 2.24) is 9.97 Å². The average molecular weight is 248 g/mol. The highest BCUT2D eigenvalue weighted by Gasteiger charge is 2.30. The summed E-state index contributed by atoms with van der Waals surface area (Å²) in [5.74, 6) is 0. The molecular weight excluding hydrogens is 232 g/mol. The standard InChI is InChI=1S/C13H16N2O3/c1(9-5-16-9)8-4-14-12(2-10-6-17-10)13(15-8)3-11-7-18-11/h4,9-11H,1-3,5-7H2. The van der Waals surface area contributed by atoms with Gasteiger partial charge in [-0.05, 0) is 0 Å². The molecule has 0 aliphatic carbocycles. The van der Waals surface area contributed by atoms with Crippen LogP contribution >= 0.6 is 0 Å². The van der Waals surface area contributed by atoms with E-state index in [4.69, 9.17) is 19.2 Å². The van der Waals surface area contributed by atoms with E-state index in [-0.39, 0.29) is 0 Å². The molecule has 3 atom stereocenters. The molecule has 0 radical (unpaired) electrons. The van der Waals surface area contributed by atoms with Crippen LogP contribution in [-0.4, -0.2) is 48.1 Å². The molecule has 0 saturated carbocycles. The lowest BCUT2D eigenvalue weighted by atomic mass is 10.1. The Kier molecular flexibility index (Phi) is 2.57. The zero-order valence-electron chi connectivity index (χ0n) is 10.2. The molecule has 18 heavy (non-hydrogen) atoms. The van der Waals surface area contributed by atoms with Crippen LogP contribution in [0.3, 0.4) is 0 Å². The molecular formula is C13H16N2O3. The van der Waals surface area contributed by atoms with Crippen LogP contribution in [0.2, 0.25) is 0 Å². The smallest absolute Gasteiger partial charge is 0.0865 e. The van der Waals surface area contributed by atoms with Gasteiger partial charge in [-0.15, -0.1) is 0 Å². The van der Waals surface area contributed by atoms with Gasteiger partial charge in [0.15, 0.2) is 0 Å². The summed E-state index contributed by atoms with van der Waals surface area (Å²) in [6.45, 7) is 2.58. The molecule has 0 spiro atoms. The first-order valence-electron chi connectivity index (χ1n) is 6.55. The first-order valence-corrected chi connectivity index (χ1v) is 6.55. The Labute approximate surface area is 105 Å². The summed E-state index contributed by atoms with van der Waals surface area (Å²) >= 11 is 0. The van der Waals surface area contributed by atoms with Crippen molar-refractivity contribution in [2.75, 3.05) is 19.8 Å². The highest BCUT2D eigenvalue weighted by molar-refractivity contribution is 5.18. The molecule has 5 heteroatoms. The van der Waals surface area contributed by atoms with E-state index in [0.717, 1.165) is 56.2 Å². The molecule has 0 N–H and O–H groups in total. The van der Waals surface area contributed by atoms with Crippen LogP contribution in [0.1, 0.15) is 17.1 Å². The van der Waals surface area contributed by atoms with Crippen molar-refractivity contribution >= 4 is 0 Å². The quantitative estimate of drug-likeness (QED) is 0.678. The Morgan fingerprint density at radius 2 is 1.44 bits per heavy atom. The molecule has 0 aromatic carbocycles. The fourth-order valence-corrected chi connectivity index (χ4v) is 2.15. The highest BCUT2D eigenvalue weighted by atomic mass is 16.6. The number of ether oxygens (including phenoxy) is 3. The van der Waals surface area contributed by atoms with Gasteiger partial charge in [0.2, 0.25) is 0 Å². The molecule has 1 aromatic heterocycles. The van der Waals surface area contributed by atoms with Crippen molar-refractivity contribution in [3.05, 3.63) is 23.3 Å². The molecule has 4 heterocycles. The van der Waals surface area contributed by atoms with Crippen molar-refractivity contribution in [2.45, 2.75) is 37.6 Å². The lowest BCUT2D eigenvalue weighted by molar-refractivity contribution is 0.396. The van der Waals surface area contributed by atoms with Gasteiger partial charge in [-0.2, -0.15) is 0 Å². The van der Waals surface area contributed by atoms with Crippen LogP contribution in [0.25, 0.3) is 0 Å². The zero-order chi connectivity index (χ0) is 11.9. The zero-order valence-corrected chi connectivity index (χ0v) is 10.2. The molecule has 4 rings (SSSR count). The molecule has 5 nitrogen and oxygen atoms in total. The molecule has 3 unspecified atom stereocenters. The SMILES string of the molecule is c1nc(CC2CO2)c(CC2CO2)nc1CC1CO1. The average Bonchev–Trinajstić information content (AvgIpc) is 3.21. The van der Waals surface area contributed by atoms with Gasteiger partial charge in [0.25, 0.3) is 0 Å². The van der Waals surface area contributed by atoms with Gasteiger partial charge in [0.05, 0.1) is 55.2 Å². The fourth-order valence-electron chi connectivity index (χ4n) is 2.15. The van der Waals surface area contributed by atoms with E-state index in [2.05, 4.69) is 4.98 Å². The predicted octanol–water partition coefficient (Wildman–Crippen LogP) is 0.300. The third kappa shape index (κ3) is 2.68. The maximum Gasteiger partial charge on any atom is 0.0865 e. The van der Waals surface area contributed by atoms with Gasteiger partial charge < -0.3 is 14.2 Å². The lowest BCUT2D eigenvalue weighted by Crippen LogP contribution is -2.10. The summed E-state index contributed by atoms with van der Waals surface area (Å²) in [6.07, 6.45) is 5.61. The van der Waals surface area contributed by atoms with Crippen molar-refractivity contribution in [2.24, 2.45) is 0 Å².